The van der Waals surface area contributed by atoms with E-state index in [1.807, 2.05) is 16.8 Å². The first kappa shape index (κ1) is 12.3. The van der Waals surface area contributed by atoms with Gasteiger partial charge < -0.3 is 9.72 Å². The number of nitrogens with zero attached hydrogens (tertiary/aromatic N) is 3. The minimum absolute atomic E-state index is 0.742. The molecule has 2 aromatic rings. The molecule has 0 aliphatic rings. The fourth-order valence-electron chi connectivity index (χ4n) is 1.39. The largest absolute Gasteiger partial charge is 0.366 e. The zero-order valence-electron chi connectivity index (χ0n) is 9.06. The Bertz CT molecular complexity index is 546. The van der Waals surface area contributed by atoms with Crippen molar-refractivity contribution in [2.45, 2.75) is 0 Å². The highest BCUT2D eigenvalue weighted by Crippen LogP contribution is 2.16. The number of thioether (sulfide) groups is 1. The summed E-state index contributed by atoms with van der Waals surface area (Å²) in [4.78, 5) is 8.62. The van der Waals surface area contributed by atoms with Crippen molar-refractivity contribution in [3.63, 3.8) is 0 Å². The van der Waals surface area contributed by atoms with Crippen LogP contribution in [0.4, 0.5) is 5.82 Å². The summed E-state index contributed by atoms with van der Waals surface area (Å²) in [5.74, 6) is 5.07. The number of terminal acetylenes is 1. The van der Waals surface area contributed by atoms with E-state index in [2.05, 4.69) is 37.1 Å². The molecular weight excluding hydrogens is 300 g/mol. The summed E-state index contributed by atoms with van der Waals surface area (Å²) < 4.78 is 2.70. The maximum atomic E-state index is 5.18. The lowest BCUT2D eigenvalue weighted by molar-refractivity contribution is 1.08. The van der Waals surface area contributed by atoms with Crippen LogP contribution in [0.5, 0.6) is 0 Å². The zero-order valence-corrected chi connectivity index (χ0v) is 11.5. The molecule has 0 radical (unpaired) electrons. The number of anilines is 1. The van der Waals surface area contributed by atoms with Crippen LogP contribution < -0.4 is 5.32 Å². The minimum Gasteiger partial charge on any atom is -0.366 e. The van der Waals surface area contributed by atoms with Gasteiger partial charge in [-0.25, -0.2) is 9.97 Å². The number of fused-ring (bicyclic) bond motifs is 1. The van der Waals surface area contributed by atoms with Crippen molar-refractivity contribution in [3.8, 4) is 12.3 Å². The molecule has 0 aliphatic carbocycles. The molecule has 17 heavy (non-hydrogen) atoms. The lowest BCUT2D eigenvalue weighted by Crippen LogP contribution is -2.08. The second-order valence-electron chi connectivity index (χ2n) is 3.25. The summed E-state index contributed by atoms with van der Waals surface area (Å²) in [5, 5.41) is 3.26. The predicted octanol–water partition coefficient (Wildman–Crippen LogP) is 2.27. The Balaban J connectivity index is 2.03. The molecule has 2 rings (SSSR count). The Hall–Kier alpha value is -1.19. The quantitative estimate of drug-likeness (QED) is 0.679. The zero-order chi connectivity index (χ0) is 12.1. The lowest BCUT2D eigenvalue weighted by atomic mass is 10.5. The number of rotatable bonds is 5. The van der Waals surface area contributed by atoms with Crippen molar-refractivity contribution >= 4 is 39.2 Å². The topological polar surface area (TPSA) is 42.2 Å². The molecule has 6 heteroatoms. The molecule has 0 aromatic carbocycles. The van der Waals surface area contributed by atoms with Crippen molar-refractivity contribution in [2.75, 3.05) is 23.4 Å². The highest BCUT2D eigenvalue weighted by Gasteiger charge is 2.05. The van der Waals surface area contributed by atoms with Crippen LogP contribution in [0.25, 0.3) is 5.65 Å². The smallest absolute Gasteiger partial charge is 0.180 e. The molecule has 0 saturated carbocycles. The highest BCUT2D eigenvalue weighted by atomic mass is 79.9. The fraction of sp³-hybridized carbons (Fsp3) is 0.273. The van der Waals surface area contributed by atoms with E-state index in [9.17, 15) is 0 Å². The summed E-state index contributed by atoms with van der Waals surface area (Å²) in [5.41, 5.74) is 0.829. The predicted molar refractivity (Wildman–Crippen MR) is 75.3 cm³/mol. The minimum atomic E-state index is 0.742. The van der Waals surface area contributed by atoms with E-state index < -0.39 is 0 Å². The Morgan fingerprint density at radius 3 is 3.29 bits per heavy atom. The van der Waals surface area contributed by atoms with Gasteiger partial charge in [-0.05, 0) is 15.9 Å². The molecule has 0 saturated heterocycles. The van der Waals surface area contributed by atoms with E-state index in [4.69, 9.17) is 6.42 Å². The van der Waals surface area contributed by atoms with Crippen LogP contribution in [0.2, 0.25) is 0 Å². The molecule has 0 aliphatic heterocycles. The molecule has 4 nitrogen and oxygen atoms in total. The van der Waals surface area contributed by atoms with E-state index in [1.54, 1.807) is 18.0 Å². The average molecular weight is 311 g/mol. The first-order chi connectivity index (χ1) is 8.31. The Kier molecular flexibility index (Phi) is 4.29. The van der Waals surface area contributed by atoms with Crippen LogP contribution >= 0.6 is 27.7 Å². The second kappa shape index (κ2) is 5.94. The molecular formula is C11H11BrN4S. The van der Waals surface area contributed by atoms with Crippen LogP contribution in [-0.2, 0) is 0 Å². The standard InChI is InChI=1S/C11H11BrN4S/c1-2-6-17-7-4-13-10-11-14-3-5-16(11)8-9(12)15-10/h1,3,5,8H,4,6-7H2,(H,13,15). The first-order valence-electron chi connectivity index (χ1n) is 5.05. The van der Waals surface area contributed by atoms with Gasteiger partial charge in [-0.3, -0.25) is 0 Å². The molecule has 0 spiro atoms. The van der Waals surface area contributed by atoms with E-state index in [0.717, 1.165) is 34.1 Å². The van der Waals surface area contributed by atoms with Gasteiger partial charge in [-0.15, -0.1) is 18.2 Å². The number of hydrogen-bond acceptors (Lipinski definition) is 4. The molecule has 0 atom stereocenters. The maximum Gasteiger partial charge on any atom is 0.180 e. The number of imidazole rings is 1. The van der Waals surface area contributed by atoms with Gasteiger partial charge in [0, 0.05) is 30.9 Å². The summed E-state index contributed by atoms with van der Waals surface area (Å²) >= 11 is 5.09. The van der Waals surface area contributed by atoms with Crippen LogP contribution in [0.1, 0.15) is 0 Å². The van der Waals surface area contributed by atoms with E-state index in [1.165, 1.54) is 0 Å². The number of hydrogen-bond donors (Lipinski definition) is 1. The summed E-state index contributed by atoms with van der Waals surface area (Å²) in [6.07, 6.45) is 10.7. The Morgan fingerprint density at radius 2 is 2.47 bits per heavy atom. The van der Waals surface area contributed by atoms with Crippen LogP contribution in [0, 0.1) is 12.3 Å². The monoisotopic (exact) mass is 310 g/mol. The molecule has 0 fully saturated rings. The Morgan fingerprint density at radius 1 is 1.59 bits per heavy atom. The lowest BCUT2D eigenvalue weighted by Gasteiger charge is -2.06. The third-order valence-corrected chi connectivity index (χ3v) is 3.31. The number of halogens is 1. The van der Waals surface area contributed by atoms with Crippen molar-refractivity contribution in [1.82, 2.24) is 14.4 Å². The first-order valence-corrected chi connectivity index (χ1v) is 7.00. The van der Waals surface area contributed by atoms with Crippen LogP contribution in [-0.4, -0.2) is 32.4 Å². The van der Waals surface area contributed by atoms with E-state index >= 15 is 0 Å². The molecule has 0 unspecified atom stereocenters. The third kappa shape index (κ3) is 3.14. The van der Waals surface area contributed by atoms with Crippen LogP contribution in [0.15, 0.2) is 23.2 Å². The van der Waals surface area contributed by atoms with Crippen molar-refractivity contribution < 1.29 is 0 Å². The van der Waals surface area contributed by atoms with Gasteiger partial charge in [0.15, 0.2) is 11.5 Å². The van der Waals surface area contributed by atoms with Crippen molar-refractivity contribution in [1.29, 1.82) is 0 Å². The van der Waals surface area contributed by atoms with Gasteiger partial charge in [-0.2, -0.15) is 0 Å². The average Bonchev–Trinajstić information content (AvgIpc) is 2.76. The maximum absolute atomic E-state index is 5.18. The molecule has 2 aromatic heterocycles. The molecule has 2 heterocycles. The van der Waals surface area contributed by atoms with E-state index in [-0.39, 0.29) is 0 Å². The summed E-state index contributed by atoms with van der Waals surface area (Å²) in [6.45, 7) is 0.818. The van der Waals surface area contributed by atoms with Crippen molar-refractivity contribution in [2.24, 2.45) is 0 Å². The van der Waals surface area contributed by atoms with E-state index in [0.29, 0.717) is 0 Å². The normalized spacial score (nSPS) is 10.4. The molecule has 88 valence electrons. The fourth-order valence-corrected chi connectivity index (χ4v) is 2.30. The molecule has 0 amide bonds. The van der Waals surface area contributed by atoms with Gasteiger partial charge in [0.25, 0.3) is 0 Å². The third-order valence-electron chi connectivity index (χ3n) is 2.07. The second-order valence-corrected chi connectivity index (χ2v) is 5.17. The summed E-state index contributed by atoms with van der Waals surface area (Å²) in [6, 6.07) is 0. The SMILES string of the molecule is C#CCSCCNc1nc(Br)cn2ccnc12. The Labute approximate surface area is 112 Å². The number of nitrogens with one attached hydrogen (secondary N) is 1. The van der Waals surface area contributed by atoms with Gasteiger partial charge >= 0.3 is 0 Å². The number of aromatic nitrogens is 3. The summed E-state index contributed by atoms with van der Waals surface area (Å²) in [7, 11) is 0. The molecule has 0 bridgehead atoms. The van der Waals surface area contributed by atoms with Crippen molar-refractivity contribution in [3.05, 3.63) is 23.2 Å². The van der Waals surface area contributed by atoms with Crippen LogP contribution in [0.3, 0.4) is 0 Å². The molecule has 1 N–H and O–H groups in total. The van der Waals surface area contributed by atoms with Gasteiger partial charge in [0.2, 0.25) is 0 Å². The highest BCUT2D eigenvalue weighted by molar-refractivity contribution is 9.10. The van der Waals surface area contributed by atoms with Gasteiger partial charge in [0.1, 0.15) is 4.60 Å². The van der Waals surface area contributed by atoms with Gasteiger partial charge in [0.05, 0.1) is 5.75 Å². The van der Waals surface area contributed by atoms with Gasteiger partial charge in [-0.1, -0.05) is 5.92 Å².